The molecule has 0 amide bonds. The summed E-state index contributed by atoms with van der Waals surface area (Å²) >= 11 is 0. The Hall–Kier alpha value is -2.47. The van der Waals surface area contributed by atoms with Crippen LogP contribution in [0.3, 0.4) is 0 Å². The number of carboxylic acids is 2. The number of likely N-dealkylation sites (tertiary alicyclic amines) is 1. The summed E-state index contributed by atoms with van der Waals surface area (Å²) in [6, 6.07) is 2.74. The van der Waals surface area contributed by atoms with Crippen molar-refractivity contribution in [1.82, 2.24) is 9.88 Å². The molecule has 2 rings (SSSR count). The number of hydrogen-bond acceptors (Lipinski definition) is 4. The van der Waals surface area contributed by atoms with Gasteiger partial charge in [0.2, 0.25) is 0 Å². The Kier molecular flexibility index (Phi) is 6.98. The fourth-order valence-corrected chi connectivity index (χ4v) is 2.24. The van der Waals surface area contributed by atoms with Crippen molar-refractivity contribution in [1.29, 1.82) is 0 Å². The molecule has 1 aromatic heterocycles. The van der Waals surface area contributed by atoms with Crippen LogP contribution >= 0.6 is 0 Å². The summed E-state index contributed by atoms with van der Waals surface area (Å²) in [7, 11) is 2.18. The molecule has 2 N–H and O–H groups in total. The van der Waals surface area contributed by atoms with Crippen LogP contribution in [0.25, 0.3) is 6.08 Å². The molecular weight excluding hydrogens is 284 g/mol. The van der Waals surface area contributed by atoms with Crippen LogP contribution in [-0.2, 0) is 9.59 Å². The molecule has 1 atom stereocenters. The molecule has 0 unspecified atom stereocenters. The predicted molar refractivity (Wildman–Crippen MR) is 83.3 cm³/mol. The van der Waals surface area contributed by atoms with E-state index >= 15 is 0 Å². The quantitative estimate of drug-likeness (QED) is 0.829. The highest BCUT2D eigenvalue weighted by molar-refractivity contribution is 5.89. The van der Waals surface area contributed by atoms with Gasteiger partial charge < -0.3 is 10.2 Å². The molecule has 6 nitrogen and oxygen atoms in total. The van der Waals surface area contributed by atoms with Crippen molar-refractivity contribution < 1.29 is 19.8 Å². The van der Waals surface area contributed by atoms with E-state index in [1.54, 1.807) is 0 Å². The minimum Gasteiger partial charge on any atom is -0.478 e. The highest BCUT2D eigenvalue weighted by Crippen LogP contribution is 2.30. The molecule has 0 radical (unpaired) electrons. The van der Waals surface area contributed by atoms with Gasteiger partial charge in [-0.2, -0.15) is 0 Å². The lowest BCUT2D eigenvalue weighted by molar-refractivity contribution is -0.134. The fourth-order valence-electron chi connectivity index (χ4n) is 2.24. The molecule has 118 valence electrons. The monoisotopic (exact) mass is 304 g/mol. The Morgan fingerprint density at radius 1 is 1.32 bits per heavy atom. The Morgan fingerprint density at radius 3 is 2.41 bits per heavy atom. The van der Waals surface area contributed by atoms with Gasteiger partial charge in [0.05, 0.1) is 0 Å². The lowest BCUT2D eigenvalue weighted by Crippen LogP contribution is -2.17. The average molecular weight is 304 g/mol. The number of carbonyl (C=O) groups is 2. The Labute approximate surface area is 129 Å². The molecule has 1 aliphatic rings. The second-order valence-corrected chi connectivity index (χ2v) is 4.90. The fraction of sp³-hybridized carbons (Fsp3) is 0.312. The first kappa shape index (κ1) is 17.6. The highest BCUT2D eigenvalue weighted by Gasteiger charge is 2.22. The number of nitrogens with zero attached hydrogens (tertiary/aromatic N) is 2. The van der Waals surface area contributed by atoms with Gasteiger partial charge >= 0.3 is 11.9 Å². The third kappa shape index (κ3) is 5.88. The van der Waals surface area contributed by atoms with E-state index in [9.17, 15) is 9.59 Å². The van der Waals surface area contributed by atoms with Gasteiger partial charge in [0.15, 0.2) is 0 Å². The SMILES string of the molecule is C=Cc1cncc([C@@H]2CCCN2C)c1.O=C(O)/C=C\C(=O)O. The van der Waals surface area contributed by atoms with Crippen LogP contribution in [0.2, 0.25) is 0 Å². The Balaban J connectivity index is 0.000000261. The average Bonchev–Trinajstić information content (AvgIpc) is 2.92. The van der Waals surface area contributed by atoms with E-state index in [0.717, 1.165) is 5.56 Å². The smallest absolute Gasteiger partial charge is 0.328 e. The zero-order valence-electron chi connectivity index (χ0n) is 12.5. The van der Waals surface area contributed by atoms with Gasteiger partial charge in [-0.1, -0.05) is 12.7 Å². The molecule has 22 heavy (non-hydrogen) atoms. The van der Waals surface area contributed by atoms with Crippen molar-refractivity contribution in [2.24, 2.45) is 0 Å². The molecule has 0 bridgehead atoms. The van der Waals surface area contributed by atoms with E-state index in [-0.39, 0.29) is 0 Å². The van der Waals surface area contributed by atoms with Crippen molar-refractivity contribution in [2.75, 3.05) is 13.6 Å². The molecule has 1 saturated heterocycles. The summed E-state index contributed by atoms with van der Waals surface area (Å²) in [5, 5.41) is 15.6. The normalized spacial score (nSPS) is 17.8. The second kappa shape index (κ2) is 8.74. The van der Waals surface area contributed by atoms with Crippen LogP contribution in [0, 0.1) is 0 Å². The number of hydrogen-bond donors (Lipinski definition) is 2. The summed E-state index contributed by atoms with van der Waals surface area (Å²) in [6.07, 6.45) is 9.33. The zero-order chi connectivity index (χ0) is 16.5. The molecule has 6 heteroatoms. The van der Waals surface area contributed by atoms with Gasteiger partial charge in [-0.15, -0.1) is 0 Å². The summed E-state index contributed by atoms with van der Waals surface area (Å²) < 4.78 is 0. The van der Waals surface area contributed by atoms with Crippen molar-refractivity contribution in [3.05, 3.63) is 48.3 Å². The molecular formula is C16H20N2O4. The summed E-state index contributed by atoms with van der Waals surface area (Å²) in [4.78, 5) is 25.7. The van der Waals surface area contributed by atoms with E-state index < -0.39 is 11.9 Å². The van der Waals surface area contributed by atoms with E-state index in [1.165, 1.54) is 24.9 Å². The van der Waals surface area contributed by atoms with Crippen LogP contribution in [0.5, 0.6) is 0 Å². The Morgan fingerprint density at radius 2 is 1.95 bits per heavy atom. The molecule has 0 aromatic carbocycles. The maximum atomic E-state index is 9.55. The van der Waals surface area contributed by atoms with Gasteiger partial charge in [0, 0.05) is 30.6 Å². The van der Waals surface area contributed by atoms with Crippen LogP contribution in [0.1, 0.15) is 30.0 Å². The van der Waals surface area contributed by atoms with Gasteiger partial charge in [-0.05, 0) is 43.6 Å². The number of aliphatic carboxylic acids is 2. The molecule has 0 aliphatic carbocycles. The Bertz CT molecular complexity index is 553. The standard InChI is InChI=1S/C12H16N2.C4H4O4/c1-3-10-7-11(9-13-8-10)12-5-4-6-14(12)2;5-3(6)1-2-4(7)8/h3,7-9,12H,1,4-6H2,2H3;1-2H,(H,5,6)(H,7,8)/b;2-1-/t12-;/m0./s1. The van der Waals surface area contributed by atoms with Gasteiger partial charge in [0.1, 0.15) is 0 Å². The molecule has 1 aromatic rings. The zero-order valence-corrected chi connectivity index (χ0v) is 12.5. The maximum Gasteiger partial charge on any atom is 0.328 e. The maximum absolute atomic E-state index is 9.55. The van der Waals surface area contributed by atoms with Gasteiger partial charge in [0.25, 0.3) is 0 Å². The summed E-state index contributed by atoms with van der Waals surface area (Å²) in [6.45, 7) is 4.96. The minimum atomic E-state index is -1.26. The van der Waals surface area contributed by atoms with Crippen LogP contribution in [-0.4, -0.2) is 45.6 Å². The first-order chi connectivity index (χ1) is 10.4. The molecule has 1 aliphatic heterocycles. The van der Waals surface area contributed by atoms with Crippen LogP contribution in [0.15, 0.2) is 37.2 Å². The third-order valence-corrected chi connectivity index (χ3v) is 3.29. The van der Waals surface area contributed by atoms with Crippen LogP contribution < -0.4 is 0 Å². The molecule has 0 saturated carbocycles. The van der Waals surface area contributed by atoms with Crippen LogP contribution in [0.4, 0.5) is 0 Å². The molecule has 1 fully saturated rings. The summed E-state index contributed by atoms with van der Waals surface area (Å²) in [5.41, 5.74) is 2.44. The molecule has 0 spiro atoms. The van der Waals surface area contributed by atoms with Gasteiger partial charge in [-0.3, -0.25) is 9.88 Å². The third-order valence-electron chi connectivity index (χ3n) is 3.29. The van der Waals surface area contributed by atoms with E-state index in [1.807, 2.05) is 18.5 Å². The lowest BCUT2D eigenvalue weighted by Gasteiger charge is -2.19. The van der Waals surface area contributed by atoms with E-state index in [2.05, 4.69) is 29.6 Å². The number of carboxylic acid groups (broad SMARTS) is 2. The molecule has 2 heterocycles. The largest absolute Gasteiger partial charge is 0.478 e. The highest BCUT2D eigenvalue weighted by atomic mass is 16.4. The number of rotatable bonds is 4. The minimum absolute atomic E-state index is 0.558. The van der Waals surface area contributed by atoms with E-state index in [0.29, 0.717) is 18.2 Å². The topological polar surface area (TPSA) is 90.7 Å². The summed E-state index contributed by atoms with van der Waals surface area (Å²) in [5.74, 6) is -2.51. The van der Waals surface area contributed by atoms with E-state index in [4.69, 9.17) is 10.2 Å². The first-order valence-corrected chi connectivity index (χ1v) is 6.85. The number of pyridine rings is 1. The lowest BCUT2D eigenvalue weighted by atomic mass is 10.1. The number of aromatic nitrogens is 1. The van der Waals surface area contributed by atoms with Gasteiger partial charge in [-0.25, -0.2) is 9.59 Å². The van der Waals surface area contributed by atoms with Crippen molar-refractivity contribution in [2.45, 2.75) is 18.9 Å². The van der Waals surface area contributed by atoms with Crippen molar-refractivity contribution in [3.8, 4) is 0 Å². The van der Waals surface area contributed by atoms with Crippen molar-refractivity contribution in [3.63, 3.8) is 0 Å². The second-order valence-electron chi connectivity index (χ2n) is 4.90. The van der Waals surface area contributed by atoms with Crippen molar-refractivity contribution >= 4 is 18.0 Å². The predicted octanol–water partition coefficient (Wildman–Crippen LogP) is 2.20. The first-order valence-electron chi connectivity index (χ1n) is 6.85.